The van der Waals surface area contributed by atoms with Gasteiger partial charge in [-0.15, -0.1) is 0 Å². The molecule has 0 radical (unpaired) electrons. The van der Waals surface area contributed by atoms with E-state index in [1.807, 2.05) is 0 Å². The van der Waals surface area contributed by atoms with Crippen LogP contribution in [-0.4, -0.2) is 29.3 Å². The van der Waals surface area contributed by atoms with E-state index in [4.69, 9.17) is 34.0 Å². The fourth-order valence-electron chi connectivity index (χ4n) is 2.06. The lowest BCUT2D eigenvalue weighted by Crippen LogP contribution is -2.42. The Morgan fingerprint density at radius 3 is 2.44 bits per heavy atom. The smallest absolute Gasteiger partial charge is 0.435 e. The molecule has 1 aliphatic heterocycles. The molecule has 1 heterocycles. The van der Waals surface area contributed by atoms with E-state index in [1.165, 1.54) is 6.07 Å². The van der Waals surface area contributed by atoms with E-state index in [-0.39, 0.29) is 21.4 Å². The maximum Gasteiger partial charge on any atom is 0.435 e. The maximum absolute atomic E-state index is 13.7. The first-order chi connectivity index (χ1) is 11.6. The number of nitrogens with two attached hydrogens (primary N) is 1. The number of hydrogen-bond donors (Lipinski definition) is 2. The second-order valence-electron chi connectivity index (χ2n) is 4.94. The van der Waals surface area contributed by atoms with Crippen molar-refractivity contribution in [3.63, 3.8) is 0 Å². The van der Waals surface area contributed by atoms with Crippen LogP contribution in [0.3, 0.4) is 0 Å². The second kappa shape index (κ2) is 6.93. The van der Waals surface area contributed by atoms with Gasteiger partial charge in [0.05, 0.1) is 12.0 Å². The normalized spacial score (nSPS) is 21.3. The molecule has 0 aromatic heterocycles. The van der Waals surface area contributed by atoms with Gasteiger partial charge in [-0.3, -0.25) is 0 Å². The number of nitrogens with zero attached hydrogens (tertiary/aromatic N) is 2. The van der Waals surface area contributed by atoms with Gasteiger partial charge in [0.1, 0.15) is 0 Å². The Balaban J connectivity index is 2.38. The highest BCUT2D eigenvalue weighted by atomic mass is 35.5. The molecule has 0 saturated heterocycles. The first-order valence-electron chi connectivity index (χ1n) is 6.56. The van der Waals surface area contributed by atoms with E-state index < -0.39 is 29.7 Å². The Morgan fingerprint density at radius 1 is 1.36 bits per heavy atom. The third kappa shape index (κ3) is 3.88. The molecule has 1 unspecified atom stereocenters. The zero-order valence-electron chi connectivity index (χ0n) is 12.2. The van der Waals surface area contributed by atoms with Crippen molar-refractivity contribution in [1.29, 1.82) is 0 Å². The minimum Gasteiger partial charge on any atom is -0.478 e. The van der Waals surface area contributed by atoms with Crippen molar-refractivity contribution >= 4 is 41.2 Å². The fraction of sp³-hybridized carbons (Fsp3) is 0.214. The zero-order valence-corrected chi connectivity index (χ0v) is 13.7. The molecular formula is C14H10Cl2F3N3O3. The molecule has 25 heavy (non-hydrogen) atoms. The summed E-state index contributed by atoms with van der Waals surface area (Å²) in [5.74, 6) is -1.76. The molecule has 11 heteroatoms. The predicted octanol–water partition coefficient (Wildman–Crippen LogP) is 3.48. The quantitative estimate of drug-likeness (QED) is 0.604. The van der Waals surface area contributed by atoms with E-state index in [1.54, 1.807) is 0 Å². The highest BCUT2D eigenvalue weighted by Crippen LogP contribution is 2.49. The minimum atomic E-state index is -4.86. The van der Waals surface area contributed by atoms with Gasteiger partial charge in [0.2, 0.25) is 0 Å². The van der Waals surface area contributed by atoms with Gasteiger partial charge in [0.15, 0.2) is 5.84 Å². The van der Waals surface area contributed by atoms with Crippen LogP contribution in [-0.2, 0) is 15.2 Å². The maximum atomic E-state index is 13.7. The van der Waals surface area contributed by atoms with Crippen LogP contribution in [0.1, 0.15) is 12.0 Å². The lowest BCUT2D eigenvalue weighted by molar-refractivity contribution is -0.275. The van der Waals surface area contributed by atoms with E-state index in [0.717, 1.165) is 24.5 Å². The summed E-state index contributed by atoms with van der Waals surface area (Å²) in [4.78, 5) is 19.1. The molecule has 0 saturated carbocycles. The number of carboxylic acids is 1. The van der Waals surface area contributed by atoms with E-state index in [9.17, 15) is 18.0 Å². The third-order valence-electron chi connectivity index (χ3n) is 3.28. The summed E-state index contributed by atoms with van der Waals surface area (Å²) in [6.07, 6.45) is -4.12. The first-order valence-corrected chi connectivity index (χ1v) is 7.32. The average Bonchev–Trinajstić information content (AvgIpc) is 2.92. The van der Waals surface area contributed by atoms with Crippen molar-refractivity contribution in [3.05, 3.63) is 45.6 Å². The average molecular weight is 396 g/mol. The van der Waals surface area contributed by atoms with Crippen molar-refractivity contribution < 1.29 is 27.9 Å². The lowest BCUT2D eigenvalue weighted by Gasteiger charge is -2.29. The van der Waals surface area contributed by atoms with Gasteiger partial charge in [0, 0.05) is 28.0 Å². The molecule has 134 valence electrons. The summed E-state index contributed by atoms with van der Waals surface area (Å²) in [6, 6.07) is 3.40. The van der Waals surface area contributed by atoms with Crippen LogP contribution >= 0.6 is 23.2 Å². The van der Waals surface area contributed by atoms with Crippen LogP contribution in [0, 0.1) is 0 Å². The monoisotopic (exact) mass is 395 g/mol. The molecule has 2 rings (SSSR count). The molecule has 1 atom stereocenters. The molecule has 1 aromatic rings. The molecule has 0 aliphatic carbocycles. The molecular weight excluding hydrogens is 386 g/mol. The van der Waals surface area contributed by atoms with Crippen molar-refractivity contribution in [3.8, 4) is 0 Å². The number of carbonyl (C=O) groups is 1. The second-order valence-corrected chi connectivity index (χ2v) is 5.82. The number of amidine groups is 1. The fourth-order valence-corrected chi connectivity index (χ4v) is 2.58. The summed E-state index contributed by atoms with van der Waals surface area (Å²) < 4.78 is 41.0. The number of alkyl halides is 3. The molecule has 0 spiro atoms. The van der Waals surface area contributed by atoms with Crippen molar-refractivity contribution in [2.45, 2.75) is 18.2 Å². The lowest BCUT2D eigenvalue weighted by atomic mass is 9.89. The van der Waals surface area contributed by atoms with E-state index in [2.05, 4.69) is 15.0 Å². The molecule has 3 N–H and O–H groups in total. The number of hydrogen-bond acceptors (Lipinski definition) is 5. The Labute approximate surface area is 149 Å². The van der Waals surface area contributed by atoms with Gasteiger partial charge < -0.3 is 15.7 Å². The highest BCUT2D eigenvalue weighted by Gasteiger charge is 2.62. The van der Waals surface area contributed by atoms with Gasteiger partial charge in [-0.05, 0) is 18.2 Å². The zero-order chi connectivity index (χ0) is 18.8. The Kier molecular flexibility index (Phi) is 5.28. The summed E-state index contributed by atoms with van der Waals surface area (Å²) in [7, 11) is 0. The van der Waals surface area contributed by atoms with Crippen molar-refractivity contribution in [2.24, 2.45) is 15.9 Å². The van der Waals surface area contributed by atoms with Gasteiger partial charge in [-0.25, -0.2) is 9.79 Å². The number of aliphatic imine (C=N–C) groups is 1. The molecule has 6 nitrogen and oxygen atoms in total. The van der Waals surface area contributed by atoms with E-state index in [0.29, 0.717) is 0 Å². The number of aliphatic carboxylic acids is 1. The predicted molar refractivity (Wildman–Crippen MR) is 85.7 cm³/mol. The summed E-state index contributed by atoms with van der Waals surface area (Å²) in [5.41, 5.74) is 1.50. The van der Waals surface area contributed by atoms with Gasteiger partial charge in [-0.2, -0.15) is 13.2 Å². The number of carboxylic acid groups (broad SMARTS) is 1. The van der Waals surface area contributed by atoms with E-state index >= 15 is 0 Å². The Morgan fingerprint density at radius 2 is 1.96 bits per heavy atom. The molecule has 1 aliphatic rings. The van der Waals surface area contributed by atoms with Crippen LogP contribution in [0.5, 0.6) is 0 Å². The SMILES string of the molecule is NC=C(C=NC1=NOC(c2cc(Cl)cc(Cl)c2)(C(F)(F)F)C1)C(=O)O. The largest absolute Gasteiger partial charge is 0.478 e. The number of halogens is 5. The van der Waals surface area contributed by atoms with Gasteiger partial charge in [0.25, 0.3) is 5.60 Å². The highest BCUT2D eigenvalue weighted by molar-refractivity contribution is 6.34. The van der Waals surface area contributed by atoms with Crippen molar-refractivity contribution in [2.75, 3.05) is 0 Å². The molecule has 0 fully saturated rings. The number of oxime groups is 1. The third-order valence-corrected chi connectivity index (χ3v) is 3.72. The minimum absolute atomic E-state index is 0.00842. The Hall–Kier alpha value is -2.26. The van der Waals surface area contributed by atoms with Gasteiger partial charge in [-0.1, -0.05) is 28.4 Å². The topological polar surface area (TPSA) is 97.3 Å². The van der Waals surface area contributed by atoms with Crippen LogP contribution in [0.2, 0.25) is 10.0 Å². The summed E-state index contributed by atoms with van der Waals surface area (Å²) in [6.45, 7) is 0. The van der Waals surface area contributed by atoms with Crippen LogP contribution < -0.4 is 5.73 Å². The van der Waals surface area contributed by atoms with Crippen LogP contribution in [0.4, 0.5) is 13.2 Å². The molecule has 0 amide bonds. The standard InChI is InChI=1S/C14H10Cl2F3N3O3/c15-9-1-8(2-10(16)3-9)13(14(17,18)19)4-11(22-25-13)21-6-7(5-20)12(23)24/h1-3,5-6H,4,20H2,(H,23,24). The number of rotatable bonds is 3. The van der Waals surface area contributed by atoms with Gasteiger partial charge >= 0.3 is 12.1 Å². The molecule has 1 aromatic carbocycles. The number of benzene rings is 1. The van der Waals surface area contributed by atoms with Crippen molar-refractivity contribution in [1.82, 2.24) is 0 Å². The summed E-state index contributed by atoms with van der Waals surface area (Å²) >= 11 is 11.5. The molecule has 0 bridgehead atoms. The summed E-state index contributed by atoms with van der Waals surface area (Å²) in [5, 5.41) is 12.1. The Bertz CT molecular complexity index is 773. The first kappa shape index (κ1) is 19.1. The van der Waals surface area contributed by atoms with Crippen LogP contribution in [0.25, 0.3) is 0 Å². The van der Waals surface area contributed by atoms with Crippen LogP contribution in [0.15, 0.2) is 40.1 Å².